The minimum atomic E-state index is -1.07. The number of carboxylic acid groups (broad SMARTS) is 1. The number of hydrogen-bond donors (Lipinski definition) is 2. The molecule has 0 radical (unpaired) electrons. The average Bonchev–Trinajstić information content (AvgIpc) is 2.53. The van der Waals surface area contributed by atoms with E-state index < -0.39 is 5.97 Å². The minimum Gasteiger partial charge on any atom is -0.495 e. The number of aromatic nitrogens is 1. The van der Waals surface area contributed by atoms with E-state index in [1.807, 2.05) is 0 Å². The van der Waals surface area contributed by atoms with E-state index in [0.29, 0.717) is 16.5 Å². The van der Waals surface area contributed by atoms with Crippen LogP contribution < -0.4 is 10.1 Å². The van der Waals surface area contributed by atoms with Gasteiger partial charge in [0.15, 0.2) is 0 Å². The van der Waals surface area contributed by atoms with Crippen LogP contribution in [0.5, 0.6) is 5.75 Å². The number of benzene rings is 1. The first-order valence-corrected chi connectivity index (χ1v) is 7.34. The first-order valence-electron chi connectivity index (χ1n) is 6.36. The molecule has 2 rings (SSSR count). The third-order valence-electron chi connectivity index (χ3n) is 2.72. The molecule has 0 saturated heterocycles. The molecule has 1 heterocycles. The fourth-order valence-corrected chi connectivity index (χ4v) is 2.52. The highest BCUT2D eigenvalue weighted by atomic mass is 32.2. The summed E-state index contributed by atoms with van der Waals surface area (Å²) in [4.78, 5) is 27.0. The van der Waals surface area contributed by atoms with Crippen LogP contribution in [0.4, 0.5) is 5.69 Å². The van der Waals surface area contributed by atoms with Crippen LogP contribution in [0.25, 0.3) is 0 Å². The molecule has 0 saturated carbocycles. The van der Waals surface area contributed by atoms with Crippen molar-refractivity contribution in [1.29, 1.82) is 0 Å². The molecular formula is C15H14N2O4S. The van der Waals surface area contributed by atoms with Gasteiger partial charge in [-0.05, 0) is 24.3 Å². The van der Waals surface area contributed by atoms with Crippen LogP contribution >= 0.6 is 11.8 Å². The number of aromatic carboxylic acids is 1. The molecule has 0 spiro atoms. The molecular weight excluding hydrogens is 304 g/mol. The van der Waals surface area contributed by atoms with E-state index in [-0.39, 0.29) is 17.2 Å². The summed E-state index contributed by atoms with van der Waals surface area (Å²) in [6.45, 7) is 0. The highest BCUT2D eigenvalue weighted by molar-refractivity contribution is 8.00. The van der Waals surface area contributed by atoms with Gasteiger partial charge in [-0.2, -0.15) is 0 Å². The fraction of sp³-hybridized carbons (Fsp3) is 0.133. The second-order valence-corrected chi connectivity index (χ2v) is 5.16. The molecule has 1 aromatic carbocycles. The lowest BCUT2D eigenvalue weighted by atomic mass is 10.3. The molecule has 0 atom stereocenters. The van der Waals surface area contributed by atoms with Crippen molar-refractivity contribution in [1.82, 2.24) is 4.98 Å². The number of rotatable bonds is 6. The zero-order valence-corrected chi connectivity index (χ0v) is 12.6. The monoisotopic (exact) mass is 318 g/mol. The number of anilines is 1. The normalized spacial score (nSPS) is 10.0. The number of carboxylic acids is 1. The molecule has 2 aromatic rings. The number of nitrogens with zero attached hydrogens (tertiary/aromatic N) is 1. The summed E-state index contributed by atoms with van der Waals surface area (Å²) >= 11 is 1.07. The Hall–Kier alpha value is -2.54. The van der Waals surface area contributed by atoms with Gasteiger partial charge in [-0.25, -0.2) is 9.78 Å². The number of para-hydroxylation sites is 2. The van der Waals surface area contributed by atoms with Crippen LogP contribution in [0, 0.1) is 0 Å². The van der Waals surface area contributed by atoms with Crippen molar-refractivity contribution in [2.75, 3.05) is 18.2 Å². The molecule has 1 aromatic heterocycles. The summed E-state index contributed by atoms with van der Waals surface area (Å²) in [5.41, 5.74) is 0.646. The van der Waals surface area contributed by atoms with Gasteiger partial charge < -0.3 is 15.2 Å². The van der Waals surface area contributed by atoms with Crippen molar-refractivity contribution in [2.45, 2.75) is 5.03 Å². The maximum Gasteiger partial charge on any atom is 0.338 e. The second kappa shape index (κ2) is 7.46. The Balaban J connectivity index is 2.00. The van der Waals surface area contributed by atoms with Crippen molar-refractivity contribution in [3.63, 3.8) is 0 Å². The van der Waals surface area contributed by atoms with E-state index in [4.69, 9.17) is 9.84 Å². The van der Waals surface area contributed by atoms with Gasteiger partial charge in [0.25, 0.3) is 0 Å². The first-order chi connectivity index (χ1) is 10.6. The number of amides is 1. The van der Waals surface area contributed by atoms with E-state index in [2.05, 4.69) is 10.3 Å². The Bertz CT molecular complexity index is 691. The molecule has 0 aliphatic rings. The highest BCUT2D eigenvalue weighted by Crippen LogP contribution is 2.24. The molecule has 0 bridgehead atoms. The number of carbonyl (C=O) groups is 2. The standard InChI is InChI=1S/C15H14N2O4S/c1-21-12-7-3-2-6-11(12)17-13(18)9-22-14-10(15(19)20)5-4-8-16-14/h2-8H,9H2,1H3,(H,17,18)(H,19,20). The van der Waals surface area contributed by atoms with Crippen molar-refractivity contribution in [3.8, 4) is 5.75 Å². The van der Waals surface area contributed by atoms with Crippen molar-refractivity contribution >= 4 is 29.3 Å². The molecule has 1 amide bonds. The quantitative estimate of drug-likeness (QED) is 0.796. The number of thioether (sulfide) groups is 1. The van der Waals surface area contributed by atoms with Gasteiger partial charge in [0.05, 0.1) is 24.1 Å². The minimum absolute atomic E-state index is 0.0509. The summed E-state index contributed by atoms with van der Waals surface area (Å²) in [6, 6.07) is 10.1. The lowest BCUT2D eigenvalue weighted by Gasteiger charge is -2.09. The average molecular weight is 318 g/mol. The molecule has 114 valence electrons. The van der Waals surface area contributed by atoms with Crippen LogP contribution in [0.1, 0.15) is 10.4 Å². The van der Waals surface area contributed by atoms with Gasteiger partial charge in [-0.3, -0.25) is 4.79 Å². The van der Waals surface area contributed by atoms with E-state index in [1.165, 1.54) is 19.4 Å². The van der Waals surface area contributed by atoms with Gasteiger partial charge in [0.1, 0.15) is 10.8 Å². The maximum atomic E-state index is 12.0. The Morgan fingerprint density at radius 2 is 2.05 bits per heavy atom. The molecule has 0 unspecified atom stereocenters. The smallest absolute Gasteiger partial charge is 0.338 e. The van der Waals surface area contributed by atoms with Crippen molar-refractivity contribution in [3.05, 3.63) is 48.2 Å². The molecule has 22 heavy (non-hydrogen) atoms. The summed E-state index contributed by atoms with van der Waals surface area (Å²) in [7, 11) is 1.52. The maximum absolute atomic E-state index is 12.0. The largest absolute Gasteiger partial charge is 0.495 e. The summed E-state index contributed by atoms with van der Waals surface area (Å²) in [6.07, 6.45) is 1.49. The Kier molecular flexibility index (Phi) is 5.37. The second-order valence-electron chi connectivity index (χ2n) is 4.20. The van der Waals surface area contributed by atoms with Gasteiger partial charge in [0.2, 0.25) is 5.91 Å². The number of carbonyl (C=O) groups excluding carboxylic acids is 1. The summed E-state index contributed by atoms with van der Waals surface area (Å²) in [5, 5.41) is 12.1. The fourth-order valence-electron chi connectivity index (χ4n) is 1.74. The lowest BCUT2D eigenvalue weighted by molar-refractivity contribution is -0.113. The molecule has 0 aliphatic carbocycles. The molecule has 0 fully saturated rings. The van der Waals surface area contributed by atoms with Crippen molar-refractivity contribution < 1.29 is 19.4 Å². The topological polar surface area (TPSA) is 88.5 Å². The highest BCUT2D eigenvalue weighted by Gasteiger charge is 2.13. The molecule has 7 heteroatoms. The third kappa shape index (κ3) is 3.98. The first kappa shape index (κ1) is 15.8. The van der Waals surface area contributed by atoms with E-state index in [9.17, 15) is 9.59 Å². The third-order valence-corrected chi connectivity index (χ3v) is 3.73. The SMILES string of the molecule is COc1ccccc1NC(=O)CSc1ncccc1C(=O)O. The Morgan fingerprint density at radius 3 is 2.77 bits per heavy atom. The van der Waals surface area contributed by atoms with E-state index in [1.54, 1.807) is 30.3 Å². The number of nitrogens with one attached hydrogen (secondary N) is 1. The zero-order valence-electron chi connectivity index (χ0n) is 11.8. The van der Waals surface area contributed by atoms with E-state index in [0.717, 1.165) is 11.8 Å². The van der Waals surface area contributed by atoms with Crippen LogP contribution in [0.15, 0.2) is 47.6 Å². The number of methoxy groups -OCH3 is 1. The van der Waals surface area contributed by atoms with Crippen molar-refractivity contribution in [2.24, 2.45) is 0 Å². The summed E-state index contributed by atoms with van der Waals surface area (Å²) < 4.78 is 5.15. The van der Waals surface area contributed by atoms with Gasteiger partial charge in [-0.15, -0.1) is 0 Å². The summed E-state index contributed by atoms with van der Waals surface area (Å²) in [5.74, 6) is -0.725. The molecule has 0 aliphatic heterocycles. The van der Waals surface area contributed by atoms with Gasteiger partial charge in [-0.1, -0.05) is 23.9 Å². The van der Waals surface area contributed by atoms with Crippen LogP contribution in [-0.4, -0.2) is 34.8 Å². The lowest BCUT2D eigenvalue weighted by Crippen LogP contribution is -2.15. The number of ether oxygens (including phenoxy) is 1. The zero-order chi connectivity index (χ0) is 15.9. The van der Waals surface area contributed by atoms with Gasteiger partial charge >= 0.3 is 5.97 Å². The van der Waals surface area contributed by atoms with Gasteiger partial charge in [0, 0.05) is 6.20 Å². The predicted octanol–water partition coefficient (Wildman–Crippen LogP) is 2.52. The molecule has 2 N–H and O–H groups in total. The number of hydrogen-bond acceptors (Lipinski definition) is 5. The van der Waals surface area contributed by atoms with Crippen LogP contribution in [0.2, 0.25) is 0 Å². The van der Waals surface area contributed by atoms with E-state index >= 15 is 0 Å². The molecule has 6 nitrogen and oxygen atoms in total. The Morgan fingerprint density at radius 1 is 1.27 bits per heavy atom. The predicted molar refractivity (Wildman–Crippen MR) is 83.5 cm³/mol. The van der Waals surface area contributed by atoms with Crippen LogP contribution in [0.3, 0.4) is 0 Å². The number of pyridine rings is 1. The Labute approximate surface area is 131 Å². The van der Waals surface area contributed by atoms with Crippen LogP contribution in [-0.2, 0) is 4.79 Å².